The van der Waals surface area contributed by atoms with E-state index in [9.17, 15) is 19.1 Å². The molecular formula is C17H21FN4O3. The lowest BCUT2D eigenvalue weighted by atomic mass is 10.1. The monoisotopic (exact) mass is 348 g/mol. The summed E-state index contributed by atoms with van der Waals surface area (Å²) in [6, 6.07) is 1.04. The molecule has 1 saturated heterocycles. The summed E-state index contributed by atoms with van der Waals surface area (Å²) < 4.78 is 16.2. The minimum Gasteiger partial charge on any atom is -0.477 e. The van der Waals surface area contributed by atoms with Crippen LogP contribution in [0.15, 0.2) is 17.1 Å². The van der Waals surface area contributed by atoms with Crippen LogP contribution in [0.25, 0.3) is 11.0 Å². The summed E-state index contributed by atoms with van der Waals surface area (Å²) in [6.45, 7) is 6.66. The molecule has 1 aliphatic heterocycles. The van der Waals surface area contributed by atoms with Crippen molar-refractivity contribution >= 4 is 22.8 Å². The van der Waals surface area contributed by atoms with Gasteiger partial charge in [0.1, 0.15) is 11.2 Å². The van der Waals surface area contributed by atoms with Crippen molar-refractivity contribution in [2.45, 2.75) is 38.8 Å². The fraction of sp³-hybridized carbons (Fsp3) is 0.471. The lowest BCUT2D eigenvalue weighted by Gasteiger charge is -2.26. The number of hydrogen-bond acceptors (Lipinski definition) is 5. The van der Waals surface area contributed by atoms with E-state index in [2.05, 4.69) is 4.98 Å². The van der Waals surface area contributed by atoms with Crippen LogP contribution in [-0.4, -0.2) is 39.8 Å². The summed E-state index contributed by atoms with van der Waals surface area (Å²) in [5.74, 6) is -1.86. The van der Waals surface area contributed by atoms with E-state index < -0.39 is 28.3 Å². The molecule has 0 unspecified atom stereocenters. The number of anilines is 1. The SMILES string of the molecule is CC(C)(C)n1cc(C(=O)O)c(=O)c2cc(F)c(N3CC[C@H](N)C3)nc21. The van der Waals surface area contributed by atoms with E-state index in [1.807, 2.05) is 20.8 Å². The summed E-state index contributed by atoms with van der Waals surface area (Å²) in [4.78, 5) is 30.0. The van der Waals surface area contributed by atoms with Crippen molar-refractivity contribution in [1.82, 2.24) is 9.55 Å². The Morgan fingerprint density at radius 1 is 1.44 bits per heavy atom. The second-order valence-corrected chi connectivity index (χ2v) is 7.38. The summed E-state index contributed by atoms with van der Waals surface area (Å²) in [5.41, 5.74) is 4.47. The molecule has 1 fully saturated rings. The van der Waals surface area contributed by atoms with Gasteiger partial charge in [0.25, 0.3) is 0 Å². The topological polar surface area (TPSA) is 101 Å². The highest BCUT2D eigenvalue weighted by molar-refractivity contribution is 5.92. The molecule has 3 rings (SSSR count). The molecule has 0 spiro atoms. The van der Waals surface area contributed by atoms with Gasteiger partial charge in [-0.3, -0.25) is 4.79 Å². The van der Waals surface area contributed by atoms with E-state index in [1.165, 1.54) is 6.20 Å². The van der Waals surface area contributed by atoms with Gasteiger partial charge in [-0.15, -0.1) is 0 Å². The predicted molar refractivity (Wildman–Crippen MR) is 92.7 cm³/mol. The van der Waals surface area contributed by atoms with Crippen LogP contribution >= 0.6 is 0 Å². The minimum absolute atomic E-state index is 0.0421. The molecule has 2 aromatic rings. The first-order valence-electron chi connectivity index (χ1n) is 8.10. The van der Waals surface area contributed by atoms with Gasteiger partial charge in [0.15, 0.2) is 11.6 Å². The van der Waals surface area contributed by atoms with Gasteiger partial charge in [-0.25, -0.2) is 14.2 Å². The second kappa shape index (κ2) is 5.80. The van der Waals surface area contributed by atoms with Gasteiger partial charge in [-0.2, -0.15) is 0 Å². The highest BCUT2D eigenvalue weighted by atomic mass is 19.1. The van der Waals surface area contributed by atoms with E-state index >= 15 is 0 Å². The molecule has 25 heavy (non-hydrogen) atoms. The Bertz CT molecular complexity index is 917. The molecule has 7 nitrogen and oxygen atoms in total. The summed E-state index contributed by atoms with van der Waals surface area (Å²) >= 11 is 0. The maximum atomic E-state index is 14.6. The highest BCUT2D eigenvalue weighted by Crippen LogP contribution is 2.27. The molecule has 134 valence electrons. The second-order valence-electron chi connectivity index (χ2n) is 7.38. The van der Waals surface area contributed by atoms with Crippen molar-refractivity contribution in [3.63, 3.8) is 0 Å². The zero-order chi connectivity index (χ0) is 18.5. The Balaban J connectivity index is 2.33. The van der Waals surface area contributed by atoms with Crippen LogP contribution in [-0.2, 0) is 5.54 Å². The van der Waals surface area contributed by atoms with Crippen LogP contribution in [0.4, 0.5) is 10.2 Å². The van der Waals surface area contributed by atoms with Crippen molar-refractivity contribution in [2.24, 2.45) is 5.73 Å². The van der Waals surface area contributed by atoms with Crippen LogP contribution in [0.5, 0.6) is 0 Å². The van der Waals surface area contributed by atoms with Crippen LogP contribution in [0.3, 0.4) is 0 Å². The predicted octanol–water partition coefficient (Wildman–Crippen LogP) is 1.53. The number of halogens is 1. The van der Waals surface area contributed by atoms with E-state index in [0.29, 0.717) is 13.1 Å². The van der Waals surface area contributed by atoms with E-state index in [4.69, 9.17) is 5.73 Å². The molecule has 0 bridgehead atoms. The van der Waals surface area contributed by atoms with Crippen molar-refractivity contribution in [1.29, 1.82) is 0 Å². The molecule has 3 heterocycles. The molecule has 0 saturated carbocycles. The van der Waals surface area contributed by atoms with Gasteiger partial charge in [-0.05, 0) is 33.3 Å². The first kappa shape index (κ1) is 17.3. The number of carbonyl (C=O) groups is 1. The quantitative estimate of drug-likeness (QED) is 0.853. The molecule has 0 aliphatic carbocycles. The fourth-order valence-corrected chi connectivity index (χ4v) is 3.08. The van der Waals surface area contributed by atoms with Crippen molar-refractivity contribution in [3.8, 4) is 0 Å². The van der Waals surface area contributed by atoms with E-state index in [0.717, 1.165) is 12.5 Å². The fourth-order valence-electron chi connectivity index (χ4n) is 3.08. The standard InChI is InChI=1S/C17H21FN4O3/c1-17(2,3)22-8-11(16(24)25)13(23)10-6-12(18)15(20-14(10)22)21-5-4-9(19)7-21/h6,8-9H,4-5,7,19H2,1-3H3,(H,24,25)/t9-/m0/s1. The number of carboxylic acids is 1. The lowest BCUT2D eigenvalue weighted by Crippen LogP contribution is -2.30. The highest BCUT2D eigenvalue weighted by Gasteiger charge is 2.27. The molecule has 2 aromatic heterocycles. The minimum atomic E-state index is -1.35. The van der Waals surface area contributed by atoms with Gasteiger partial charge in [0.2, 0.25) is 5.43 Å². The van der Waals surface area contributed by atoms with Crippen LogP contribution in [0.2, 0.25) is 0 Å². The molecule has 3 N–H and O–H groups in total. The summed E-state index contributed by atoms with van der Waals surface area (Å²) in [7, 11) is 0. The molecule has 0 radical (unpaired) electrons. The number of rotatable bonds is 2. The van der Waals surface area contributed by atoms with Gasteiger partial charge in [0.05, 0.1) is 5.39 Å². The third-order valence-electron chi connectivity index (χ3n) is 4.39. The van der Waals surface area contributed by atoms with Crippen LogP contribution < -0.4 is 16.1 Å². The van der Waals surface area contributed by atoms with E-state index in [-0.39, 0.29) is 22.9 Å². The van der Waals surface area contributed by atoms with Gasteiger partial charge in [-0.1, -0.05) is 0 Å². The molecule has 1 aliphatic rings. The Labute approximate surface area is 143 Å². The molecule has 0 aromatic carbocycles. The smallest absolute Gasteiger partial charge is 0.341 e. The Hall–Kier alpha value is -2.48. The zero-order valence-corrected chi connectivity index (χ0v) is 14.4. The normalized spacial score (nSPS) is 18.1. The first-order chi connectivity index (χ1) is 11.6. The first-order valence-corrected chi connectivity index (χ1v) is 8.10. The summed E-state index contributed by atoms with van der Waals surface area (Å²) in [6.07, 6.45) is 2.01. The molecule has 0 amide bonds. The van der Waals surface area contributed by atoms with Crippen molar-refractivity contribution < 1.29 is 14.3 Å². The Morgan fingerprint density at radius 3 is 2.64 bits per heavy atom. The number of aromatic carboxylic acids is 1. The number of hydrogen-bond donors (Lipinski definition) is 2. The third kappa shape index (κ3) is 2.97. The average Bonchev–Trinajstić information content (AvgIpc) is 2.92. The third-order valence-corrected chi connectivity index (χ3v) is 4.39. The number of nitrogens with two attached hydrogens (primary N) is 1. The molecule has 8 heteroatoms. The summed E-state index contributed by atoms with van der Waals surface area (Å²) in [5, 5.41) is 9.25. The van der Waals surface area contributed by atoms with Gasteiger partial charge < -0.3 is 20.3 Å². The number of aromatic nitrogens is 2. The Morgan fingerprint density at radius 2 is 2.12 bits per heavy atom. The van der Waals surface area contributed by atoms with Crippen LogP contribution in [0.1, 0.15) is 37.6 Å². The number of carboxylic acid groups (broad SMARTS) is 1. The number of fused-ring (bicyclic) bond motifs is 1. The molecular weight excluding hydrogens is 327 g/mol. The van der Waals surface area contributed by atoms with Crippen molar-refractivity contribution in [2.75, 3.05) is 18.0 Å². The van der Waals surface area contributed by atoms with Gasteiger partial charge >= 0.3 is 5.97 Å². The Kier molecular flexibility index (Phi) is 4.03. The lowest BCUT2D eigenvalue weighted by molar-refractivity contribution is 0.0694. The van der Waals surface area contributed by atoms with E-state index in [1.54, 1.807) is 9.47 Å². The zero-order valence-electron chi connectivity index (χ0n) is 14.4. The van der Waals surface area contributed by atoms with Crippen molar-refractivity contribution in [3.05, 3.63) is 33.9 Å². The number of nitrogens with zero attached hydrogens (tertiary/aromatic N) is 3. The van der Waals surface area contributed by atoms with Crippen LogP contribution in [0, 0.1) is 5.82 Å². The van der Waals surface area contributed by atoms with Gasteiger partial charge in [0, 0.05) is 30.9 Å². The number of pyridine rings is 2. The molecule has 1 atom stereocenters. The maximum absolute atomic E-state index is 14.6. The maximum Gasteiger partial charge on any atom is 0.341 e. The largest absolute Gasteiger partial charge is 0.477 e. The average molecular weight is 348 g/mol.